The highest BCUT2D eigenvalue weighted by Gasteiger charge is 2.34. The van der Waals surface area contributed by atoms with E-state index in [2.05, 4.69) is 4.98 Å². The van der Waals surface area contributed by atoms with E-state index in [1.54, 1.807) is 13.8 Å². The molecule has 0 aliphatic carbocycles. The lowest BCUT2D eigenvalue weighted by atomic mass is 10.2. The smallest absolute Gasteiger partial charge is 0.334 e. The number of carboxylic acids is 1. The monoisotopic (exact) mass is 390 g/mol. The predicted octanol–water partition coefficient (Wildman–Crippen LogP) is 2.83. The summed E-state index contributed by atoms with van der Waals surface area (Å²) in [6, 6.07) is 7.57. The summed E-state index contributed by atoms with van der Waals surface area (Å²) in [6.07, 6.45) is -1.33. The third-order valence-corrected chi connectivity index (χ3v) is 5.42. The first-order chi connectivity index (χ1) is 12.9. The molecule has 1 fully saturated rings. The molecule has 7 nitrogen and oxygen atoms in total. The van der Waals surface area contributed by atoms with Crippen molar-refractivity contribution in [2.75, 3.05) is 19.7 Å². The number of aliphatic carboxylic acids is 1. The van der Waals surface area contributed by atoms with Crippen LogP contribution in [0.2, 0.25) is 0 Å². The Morgan fingerprint density at radius 3 is 2.67 bits per heavy atom. The average Bonchev–Trinajstić information content (AvgIpc) is 3.03. The summed E-state index contributed by atoms with van der Waals surface area (Å²) < 4.78 is 10.8. The fourth-order valence-corrected chi connectivity index (χ4v) is 4.02. The standard InChI is InChI=1S/C19H22N2O5S/c1-4-25-14-7-5-13(6-8-14)17-20-12(3)16(27-17)18(22)21-9-11(2)26-15(10-21)19(23)24/h5-8,11,15H,4,9-10H2,1-3H3,(H,23,24)/t11-,15?/m1/s1. The second-order valence-corrected chi connectivity index (χ2v) is 7.37. The number of hydrogen-bond acceptors (Lipinski definition) is 6. The first kappa shape index (κ1) is 19.3. The summed E-state index contributed by atoms with van der Waals surface area (Å²) in [7, 11) is 0. The summed E-state index contributed by atoms with van der Waals surface area (Å²) in [5.41, 5.74) is 1.55. The zero-order valence-corrected chi connectivity index (χ0v) is 16.3. The number of carbonyl (C=O) groups is 2. The molecule has 0 bridgehead atoms. The number of morpholine rings is 1. The van der Waals surface area contributed by atoms with Crippen molar-refractivity contribution in [2.24, 2.45) is 0 Å². The van der Waals surface area contributed by atoms with Gasteiger partial charge < -0.3 is 19.5 Å². The van der Waals surface area contributed by atoms with Crippen LogP contribution in [0.4, 0.5) is 0 Å². The van der Waals surface area contributed by atoms with Crippen molar-refractivity contribution in [1.82, 2.24) is 9.88 Å². The van der Waals surface area contributed by atoms with E-state index in [0.29, 0.717) is 23.7 Å². The van der Waals surface area contributed by atoms with Crippen LogP contribution in [-0.2, 0) is 9.53 Å². The van der Waals surface area contributed by atoms with E-state index in [4.69, 9.17) is 9.47 Å². The Labute approximate surface area is 161 Å². The Balaban J connectivity index is 1.81. The van der Waals surface area contributed by atoms with Crippen LogP contribution < -0.4 is 4.74 Å². The zero-order valence-electron chi connectivity index (χ0n) is 15.5. The van der Waals surface area contributed by atoms with Gasteiger partial charge in [0.2, 0.25) is 0 Å². The fraction of sp³-hybridized carbons (Fsp3) is 0.421. The van der Waals surface area contributed by atoms with E-state index in [-0.39, 0.29) is 18.6 Å². The molecule has 144 valence electrons. The van der Waals surface area contributed by atoms with Crippen molar-refractivity contribution in [3.8, 4) is 16.3 Å². The minimum Gasteiger partial charge on any atom is -0.494 e. The molecule has 1 unspecified atom stereocenters. The second kappa shape index (κ2) is 8.06. The summed E-state index contributed by atoms with van der Waals surface area (Å²) in [6.45, 7) is 6.48. The van der Waals surface area contributed by atoms with Crippen LogP contribution >= 0.6 is 11.3 Å². The molecule has 0 saturated carbocycles. The van der Waals surface area contributed by atoms with Crippen LogP contribution in [0.1, 0.15) is 29.2 Å². The maximum absolute atomic E-state index is 12.9. The van der Waals surface area contributed by atoms with Gasteiger partial charge in [0.15, 0.2) is 6.10 Å². The van der Waals surface area contributed by atoms with E-state index in [9.17, 15) is 14.7 Å². The van der Waals surface area contributed by atoms with Crippen LogP contribution in [0.5, 0.6) is 5.75 Å². The highest BCUT2D eigenvalue weighted by Crippen LogP contribution is 2.30. The number of rotatable bonds is 5. The van der Waals surface area contributed by atoms with Gasteiger partial charge in [-0.25, -0.2) is 9.78 Å². The molecule has 2 aromatic rings. The van der Waals surface area contributed by atoms with E-state index in [1.807, 2.05) is 31.2 Å². The van der Waals surface area contributed by atoms with E-state index < -0.39 is 12.1 Å². The lowest BCUT2D eigenvalue weighted by molar-refractivity contribution is -0.160. The van der Waals surface area contributed by atoms with Crippen molar-refractivity contribution in [3.63, 3.8) is 0 Å². The number of ether oxygens (including phenoxy) is 2. The SMILES string of the molecule is CCOc1ccc(-c2nc(C)c(C(=O)N3CC(C(=O)O)O[C@H](C)C3)s2)cc1. The molecule has 1 aromatic heterocycles. The molecule has 2 heterocycles. The third kappa shape index (κ3) is 4.28. The summed E-state index contributed by atoms with van der Waals surface area (Å²) in [5, 5.41) is 9.96. The zero-order chi connectivity index (χ0) is 19.6. The Bertz CT molecular complexity index is 833. The van der Waals surface area contributed by atoms with Crippen LogP contribution in [0.3, 0.4) is 0 Å². The summed E-state index contributed by atoms with van der Waals surface area (Å²) in [4.78, 5) is 30.8. The van der Waals surface area contributed by atoms with Crippen LogP contribution in [-0.4, -0.2) is 58.8 Å². The van der Waals surface area contributed by atoms with Gasteiger partial charge in [0, 0.05) is 12.1 Å². The molecule has 1 N–H and O–H groups in total. The van der Waals surface area contributed by atoms with Crippen molar-refractivity contribution in [1.29, 1.82) is 0 Å². The Morgan fingerprint density at radius 1 is 1.33 bits per heavy atom. The Morgan fingerprint density at radius 2 is 2.04 bits per heavy atom. The van der Waals surface area contributed by atoms with Gasteiger partial charge in [-0.1, -0.05) is 0 Å². The van der Waals surface area contributed by atoms with Gasteiger partial charge in [0.25, 0.3) is 5.91 Å². The number of hydrogen-bond donors (Lipinski definition) is 1. The molecule has 1 amide bonds. The number of aryl methyl sites for hydroxylation is 1. The molecule has 0 spiro atoms. The molecule has 1 aliphatic heterocycles. The fourth-order valence-electron chi connectivity index (χ4n) is 2.98. The van der Waals surface area contributed by atoms with Crippen LogP contribution in [0.15, 0.2) is 24.3 Å². The van der Waals surface area contributed by atoms with Gasteiger partial charge in [-0.05, 0) is 45.0 Å². The van der Waals surface area contributed by atoms with Gasteiger partial charge in [-0.2, -0.15) is 0 Å². The van der Waals surface area contributed by atoms with E-state index in [1.165, 1.54) is 16.2 Å². The van der Waals surface area contributed by atoms with Gasteiger partial charge >= 0.3 is 5.97 Å². The maximum atomic E-state index is 12.9. The molecule has 27 heavy (non-hydrogen) atoms. The largest absolute Gasteiger partial charge is 0.494 e. The van der Waals surface area contributed by atoms with Crippen LogP contribution in [0.25, 0.3) is 10.6 Å². The topological polar surface area (TPSA) is 89.0 Å². The highest BCUT2D eigenvalue weighted by molar-refractivity contribution is 7.17. The maximum Gasteiger partial charge on any atom is 0.334 e. The van der Waals surface area contributed by atoms with Crippen molar-refractivity contribution in [3.05, 3.63) is 34.8 Å². The molecule has 3 rings (SSSR count). The minimum atomic E-state index is -1.06. The van der Waals surface area contributed by atoms with Gasteiger partial charge in [-0.3, -0.25) is 4.79 Å². The number of carboxylic acid groups (broad SMARTS) is 1. The average molecular weight is 390 g/mol. The number of carbonyl (C=O) groups excluding carboxylic acids is 1. The summed E-state index contributed by atoms with van der Waals surface area (Å²) in [5.74, 6) is -0.480. The van der Waals surface area contributed by atoms with Crippen molar-refractivity contribution < 1.29 is 24.2 Å². The Hall–Kier alpha value is -2.45. The number of amides is 1. The first-order valence-electron chi connectivity index (χ1n) is 8.77. The molecule has 1 aromatic carbocycles. The summed E-state index contributed by atoms with van der Waals surface area (Å²) >= 11 is 1.31. The molecule has 1 aliphatic rings. The predicted molar refractivity (Wildman–Crippen MR) is 101 cm³/mol. The lowest BCUT2D eigenvalue weighted by Gasteiger charge is -2.34. The molecule has 0 radical (unpaired) electrons. The molecular formula is C19H22N2O5S. The number of nitrogens with zero attached hydrogens (tertiary/aromatic N) is 2. The molecule has 2 atom stereocenters. The number of benzene rings is 1. The van der Waals surface area contributed by atoms with Crippen molar-refractivity contribution in [2.45, 2.75) is 33.0 Å². The van der Waals surface area contributed by atoms with E-state index in [0.717, 1.165) is 16.3 Å². The van der Waals surface area contributed by atoms with Gasteiger partial charge in [0.05, 0.1) is 24.9 Å². The first-order valence-corrected chi connectivity index (χ1v) is 9.59. The lowest BCUT2D eigenvalue weighted by Crippen LogP contribution is -2.51. The third-order valence-electron chi connectivity index (χ3n) is 4.23. The van der Waals surface area contributed by atoms with Crippen LogP contribution in [0, 0.1) is 6.92 Å². The van der Waals surface area contributed by atoms with Gasteiger partial charge in [-0.15, -0.1) is 11.3 Å². The number of aromatic nitrogens is 1. The Kier molecular flexibility index (Phi) is 5.76. The normalized spacial score (nSPS) is 19.7. The minimum absolute atomic E-state index is 0.0359. The molecule has 8 heteroatoms. The number of thiazole rings is 1. The molecular weight excluding hydrogens is 368 g/mol. The van der Waals surface area contributed by atoms with Gasteiger partial charge in [0.1, 0.15) is 15.6 Å². The highest BCUT2D eigenvalue weighted by atomic mass is 32.1. The van der Waals surface area contributed by atoms with Crippen molar-refractivity contribution >= 4 is 23.2 Å². The van der Waals surface area contributed by atoms with E-state index >= 15 is 0 Å². The second-order valence-electron chi connectivity index (χ2n) is 6.37. The molecule has 1 saturated heterocycles. The quantitative estimate of drug-likeness (QED) is 0.844.